The molecule has 1 aliphatic rings. The lowest BCUT2D eigenvalue weighted by Crippen LogP contribution is -2.16. The molecular formula is C20H18N4O2. The molecule has 6 heteroatoms. The van der Waals surface area contributed by atoms with Crippen LogP contribution in [-0.4, -0.2) is 23.0 Å². The van der Waals surface area contributed by atoms with E-state index in [1.165, 1.54) is 5.56 Å². The molecule has 4 rings (SSSR count). The Kier molecular flexibility index (Phi) is 4.01. The summed E-state index contributed by atoms with van der Waals surface area (Å²) in [6, 6.07) is 12.7. The molecule has 0 atom stereocenters. The molecular weight excluding hydrogens is 328 g/mol. The van der Waals surface area contributed by atoms with Gasteiger partial charge in [0.2, 0.25) is 5.95 Å². The van der Waals surface area contributed by atoms with Gasteiger partial charge in [-0.05, 0) is 66.4 Å². The monoisotopic (exact) mass is 346 g/mol. The highest BCUT2D eigenvalue weighted by molar-refractivity contribution is 6.03. The summed E-state index contributed by atoms with van der Waals surface area (Å²) in [5, 5.41) is 2.75. The molecule has 0 bridgehead atoms. The van der Waals surface area contributed by atoms with E-state index in [4.69, 9.17) is 10.5 Å². The first-order valence-corrected chi connectivity index (χ1v) is 8.34. The molecule has 0 saturated heterocycles. The van der Waals surface area contributed by atoms with E-state index in [2.05, 4.69) is 15.3 Å². The largest absolute Gasteiger partial charge is 0.497 e. The second-order valence-electron chi connectivity index (χ2n) is 6.17. The second-order valence-corrected chi connectivity index (χ2v) is 6.17. The van der Waals surface area contributed by atoms with Gasteiger partial charge in [0.25, 0.3) is 5.91 Å². The molecule has 26 heavy (non-hydrogen) atoms. The number of methoxy groups -OCH3 is 1. The molecule has 0 saturated carbocycles. The lowest BCUT2D eigenvalue weighted by Gasteiger charge is -2.19. The van der Waals surface area contributed by atoms with Crippen LogP contribution in [0.25, 0.3) is 11.3 Å². The predicted molar refractivity (Wildman–Crippen MR) is 100 cm³/mol. The summed E-state index contributed by atoms with van der Waals surface area (Å²) in [5.74, 6) is 0.850. The van der Waals surface area contributed by atoms with Gasteiger partial charge >= 0.3 is 0 Å². The number of carbonyl (C=O) groups is 1. The fraction of sp³-hybridized carbons (Fsp3) is 0.150. The van der Waals surface area contributed by atoms with Crippen LogP contribution in [0.2, 0.25) is 0 Å². The third-order valence-corrected chi connectivity index (χ3v) is 4.49. The van der Waals surface area contributed by atoms with Crippen molar-refractivity contribution in [2.24, 2.45) is 0 Å². The molecule has 2 aromatic carbocycles. The van der Waals surface area contributed by atoms with Gasteiger partial charge in [0, 0.05) is 23.0 Å². The highest BCUT2D eigenvalue weighted by Gasteiger charge is 2.20. The van der Waals surface area contributed by atoms with Crippen molar-refractivity contribution in [1.82, 2.24) is 9.97 Å². The minimum absolute atomic E-state index is 0.268. The Hall–Kier alpha value is -3.41. The number of aryl methyl sites for hydroxylation is 2. The van der Waals surface area contributed by atoms with E-state index in [0.29, 0.717) is 11.3 Å². The Morgan fingerprint density at radius 3 is 2.65 bits per heavy atom. The van der Waals surface area contributed by atoms with Gasteiger partial charge in [-0.1, -0.05) is 0 Å². The van der Waals surface area contributed by atoms with Crippen LogP contribution in [0.15, 0.2) is 48.7 Å². The first-order valence-electron chi connectivity index (χ1n) is 8.34. The average Bonchev–Trinajstić information content (AvgIpc) is 2.67. The van der Waals surface area contributed by atoms with Crippen molar-refractivity contribution >= 4 is 17.5 Å². The number of nitrogens with one attached hydrogen (secondary N) is 1. The van der Waals surface area contributed by atoms with Gasteiger partial charge in [-0.15, -0.1) is 0 Å². The molecule has 130 valence electrons. The summed E-state index contributed by atoms with van der Waals surface area (Å²) in [4.78, 5) is 21.2. The summed E-state index contributed by atoms with van der Waals surface area (Å²) in [5.41, 5.74) is 10.9. The molecule has 0 radical (unpaired) electrons. The van der Waals surface area contributed by atoms with Crippen LogP contribution in [0.3, 0.4) is 0 Å². The molecule has 0 spiro atoms. The number of nitrogens with zero attached hydrogens (tertiary/aromatic N) is 2. The molecule has 1 amide bonds. The van der Waals surface area contributed by atoms with Gasteiger partial charge < -0.3 is 10.5 Å². The number of ether oxygens (including phenoxy) is 1. The van der Waals surface area contributed by atoms with Crippen molar-refractivity contribution < 1.29 is 9.53 Å². The third kappa shape index (κ3) is 2.97. The van der Waals surface area contributed by atoms with E-state index in [1.807, 2.05) is 18.2 Å². The van der Waals surface area contributed by atoms with Crippen LogP contribution in [0.1, 0.15) is 21.5 Å². The fourth-order valence-electron chi connectivity index (χ4n) is 3.10. The van der Waals surface area contributed by atoms with Gasteiger partial charge in [-0.2, -0.15) is 0 Å². The van der Waals surface area contributed by atoms with E-state index in [1.54, 1.807) is 37.6 Å². The average molecular weight is 346 g/mol. The number of aromatic nitrogens is 2. The molecule has 0 aliphatic heterocycles. The maximum Gasteiger partial charge on any atom is 0.258 e. The van der Waals surface area contributed by atoms with Crippen LogP contribution < -0.4 is 15.8 Å². The molecule has 3 aromatic rings. The Morgan fingerprint density at radius 1 is 1.12 bits per heavy atom. The van der Waals surface area contributed by atoms with E-state index in [-0.39, 0.29) is 11.9 Å². The predicted octanol–water partition coefficient (Wildman–Crippen LogP) is 3.09. The Morgan fingerprint density at radius 2 is 1.88 bits per heavy atom. The Labute approximate surface area is 151 Å². The van der Waals surface area contributed by atoms with Crippen molar-refractivity contribution in [2.75, 3.05) is 18.2 Å². The molecule has 1 aromatic heterocycles. The van der Waals surface area contributed by atoms with Gasteiger partial charge in [0.15, 0.2) is 0 Å². The molecule has 1 aliphatic carbocycles. The SMILES string of the molecule is COc1ccc2c(c1)CCc1cnc(NC(=O)c3ccc(N)cc3)nc1-2. The number of carbonyl (C=O) groups excluding carboxylic acids is 1. The highest BCUT2D eigenvalue weighted by atomic mass is 16.5. The summed E-state index contributed by atoms with van der Waals surface area (Å²) in [6.07, 6.45) is 3.57. The zero-order valence-corrected chi connectivity index (χ0v) is 14.3. The molecule has 3 N–H and O–H groups in total. The number of amides is 1. The van der Waals surface area contributed by atoms with Gasteiger partial charge in [-0.3, -0.25) is 10.1 Å². The number of hydrogen-bond acceptors (Lipinski definition) is 5. The van der Waals surface area contributed by atoms with E-state index in [9.17, 15) is 4.79 Å². The minimum atomic E-state index is -0.268. The molecule has 6 nitrogen and oxygen atoms in total. The quantitative estimate of drug-likeness (QED) is 0.711. The van der Waals surface area contributed by atoms with E-state index in [0.717, 1.165) is 35.4 Å². The highest BCUT2D eigenvalue weighted by Crippen LogP contribution is 2.34. The van der Waals surface area contributed by atoms with Crippen molar-refractivity contribution in [3.05, 3.63) is 65.4 Å². The maximum absolute atomic E-state index is 12.4. The molecule has 0 unspecified atom stereocenters. The Balaban J connectivity index is 1.64. The molecule has 1 heterocycles. The minimum Gasteiger partial charge on any atom is -0.497 e. The summed E-state index contributed by atoms with van der Waals surface area (Å²) < 4.78 is 5.30. The van der Waals surface area contributed by atoms with E-state index < -0.39 is 0 Å². The number of fused-ring (bicyclic) bond motifs is 3. The lowest BCUT2D eigenvalue weighted by atomic mass is 9.90. The van der Waals surface area contributed by atoms with Crippen LogP contribution in [0.5, 0.6) is 5.75 Å². The number of rotatable bonds is 3. The zero-order valence-electron chi connectivity index (χ0n) is 14.3. The van der Waals surface area contributed by atoms with Gasteiger partial charge in [-0.25, -0.2) is 9.97 Å². The van der Waals surface area contributed by atoms with Crippen LogP contribution in [0.4, 0.5) is 11.6 Å². The zero-order chi connectivity index (χ0) is 18.1. The van der Waals surface area contributed by atoms with Crippen molar-refractivity contribution in [3.63, 3.8) is 0 Å². The third-order valence-electron chi connectivity index (χ3n) is 4.49. The van der Waals surface area contributed by atoms with Crippen LogP contribution in [-0.2, 0) is 12.8 Å². The topological polar surface area (TPSA) is 90.1 Å². The first-order chi connectivity index (χ1) is 12.6. The van der Waals surface area contributed by atoms with Crippen LogP contribution >= 0.6 is 0 Å². The number of benzene rings is 2. The smallest absolute Gasteiger partial charge is 0.258 e. The number of nitrogen functional groups attached to an aromatic ring is 1. The number of anilines is 2. The summed E-state index contributed by atoms with van der Waals surface area (Å²) in [6.45, 7) is 0. The summed E-state index contributed by atoms with van der Waals surface area (Å²) in [7, 11) is 1.66. The molecule has 0 fully saturated rings. The van der Waals surface area contributed by atoms with Gasteiger partial charge in [0.1, 0.15) is 5.75 Å². The standard InChI is InChI=1S/C20H18N4O2/c1-26-16-8-9-17-13(10-16)2-3-14-11-22-20(23-18(14)17)24-19(25)12-4-6-15(21)7-5-12/h4-11H,2-3,21H2,1H3,(H,22,23,24,25). The summed E-state index contributed by atoms with van der Waals surface area (Å²) >= 11 is 0. The normalized spacial score (nSPS) is 12.0. The van der Waals surface area contributed by atoms with Crippen molar-refractivity contribution in [3.8, 4) is 17.0 Å². The first kappa shape index (κ1) is 16.1. The van der Waals surface area contributed by atoms with Crippen LogP contribution in [0, 0.1) is 0 Å². The Bertz CT molecular complexity index is 984. The number of nitrogens with two attached hydrogens (primary N) is 1. The van der Waals surface area contributed by atoms with Crippen molar-refractivity contribution in [1.29, 1.82) is 0 Å². The van der Waals surface area contributed by atoms with Crippen molar-refractivity contribution in [2.45, 2.75) is 12.8 Å². The second kappa shape index (κ2) is 6.48. The van der Waals surface area contributed by atoms with E-state index >= 15 is 0 Å². The fourth-order valence-corrected chi connectivity index (χ4v) is 3.10. The lowest BCUT2D eigenvalue weighted by molar-refractivity contribution is 0.102. The number of hydrogen-bond donors (Lipinski definition) is 2. The van der Waals surface area contributed by atoms with Gasteiger partial charge in [0.05, 0.1) is 12.8 Å². The maximum atomic E-state index is 12.4.